The van der Waals surface area contributed by atoms with Crippen LogP contribution in [0.25, 0.3) is 0 Å². The third-order valence-electron chi connectivity index (χ3n) is 2.91. The second kappa shape index (κ2) is 6.22. The number of nitrogens with zero attached hydrogens (tertiary/aromatic N) is 2. The standard InChI is InChI=1S/C11H17N3O6S/c1-6-10(7(2)14(3)12-6)21(18,19)13-8(11(16)17)5-9(15)20-4/h8,13H,5H2,1-4H3,(H,16,17)/t8-/m0/s1. The number of aliphatic carboxylic acids is 1. The molecule has 1 aromatic heterocycles. The van der Waals surface area contributed by atoms with E-state index in [1.807, 2.05) is 4.72 Å². The van der Waals surface area contributed by atoms with Crippen molar-refractivity contribution in [1.82, 2.24) is 14.5 Å². The van der Waals surface area contributed by atoms with E-state index in [4.69, 9.17) is 5.11 Å². The van der Waals surface area contributed by atoms with Gasteiger partial charge in [-0.3, -0.25) is 14.3 Å². The monoisotopic (exact) mass is 319 g/mol. The molecule has 0 saturated heterocycles. The van der Waals surface area contributed by atoms with Gasteiger partial charge >= 0.3 is 11.9 Å². The quantitative estimate of drug-likeness (QED) is 0.666. The number of methoxy groups -OCH3 is 1. The highest BCUT2D eigenvalue weighted by Gasteiger charge is 2.31. The van der Waals surface area contributed by atoms with E-state index in [-0.39, 0.29) is 10.6 Å². The van der Waals surface area contributed by atoms with E-state index in [2.05, 4.69) is 9.84 Å². The minimum atomic E-state index is -4.12. The van der Waals surface area contributed by atoms with Crippen molar-refractivity contribution >= 4 is 22.0 Å². The lowest BCUT2D eigenvalue weighted by molar-refractivity contribution is -0.147. The van der Waals surface area contributed by atoms with Crippen molar-refractivity contribution in [2.75, 3.05) is 7.11 Å². The molecule has 0 saturated carbocycles. The van der Waals surface area contributed by atoms with Crippen LogP contribution in [0.2, 0.25) is 0 Å². The molecule has 0 fully saturated rings. The lowest BCUT2D eigenvalue weighted by Crippen LogP contribution is -2.42. The average Bonchev–Trinajstić information content (AvgIpc) is 2.62. The molecule has 1 rings (SSSR count). The molecule has 118 valence electrons. The molecule has 9 nitrogen and oxygen atoms in total. The van der Waals surface area contributed by atoms with Crippen LogP contribution in [-0.4, -0.2) is 48.4 Å². The Kier molecular flexibility index (Phi) is 5.07. The smallest absolute Gasteiger partial charge is 0.322 e. The van der Waals surface area contributed by atoms with Gasteiger partial charge in [0.25, 0.3) is 0 Å². The Morgan fingerprint density at radius 1 is 1.43 bits per heavy atom. The van der Waals surface area contributed by atoms with Crippen molar-refractivity contribution < 1.29 is 27.9 Å². The zero-order chi connectivity index (χ0) is 16.4. The highest BCUT2D eigenvalue weighted by Crippen LogP contribution is 2.19. The molecular formula is C11H17N3O6S. The van der Waals surface area contributed by atoms with Crippen LogP contribution in [0.3, 0.4) is 0 Å². The summed E-state index contributed by atoms with van der Waals surface area (Å²) in [6.07, 6.45) is -0.608. The van der Waals surface area contributed by atoms with Crippen LogP contribution < -0.4 is 4.72 Å². The lowest BCUT2D eigenvalue weighted by atomic mass is 10.2. The maximum atomic E-state index is 12.3. The summed E-state index contributed by atoms with van der Waals surface area (Å²) in [5, 5.41) is 13.0. The maximum absolute atomic E-state index is 12.3. The molecule has 0 aromatic carbocycles. The number of rotatable bonds is 6. The molecule has 0 aliphatic heterocycles. The van der Waals surface area contributed by atoms with Gasteiger partial charge in [-0.2, -0.15) is 9.82 Å². The van der Waals surface area contributed by atoms with E-state index in [0.29, 0.717) is 5.69 Å². The molecule has 0 unspecified atom stereocenters. The van der Waals surface area contributed by atoms with E-state index < -0.39 is 34.4 Å². The molecule has 1 heterocycles. The van der Waals surface area contributed by atoms with Gasteiger partial charge in [-0.05, 0) is 13.8 Å². The fourth-order valence-corrected chi connectivity index (χ4v) is 3.45. The molecule has 0 bridgehead atoms. The van der Waals surface area contributed by atoms with Gasteiger partial charge in [-0.25, -0.2) is 8.42 Å². The number of aryl methyl sites for hydroxylation is 2. The van der Waals surface area contributed by atoms with Gasteiger partial charge in [-0.15, -0.1) is 0 Å². The Morgan fingerprint density at radius 3 is 2.38 bits per heavy atom. The third-order valence-corrected chi connectivity index (χ3v) is 4.63. The van der Waals surface area contributed by atoms with Crippen LogP contribution in [0.5, 0.6) is 0 Å². The first kappa shape index (κ1) is 17.1. The number of nitrogens with one attached hydrogen (secondary N) is 1. The summed E-state index contributed by atoms with van der Waals surface area (Å²) >= 11 is 0. The van der Waals surface area contributed by atoms with Gasteiger partial charge in [-0.1, -0.05) is 0 Å². The van der Waals surface area contributed by atoms with Crippen molar-refractivity contribution in [2.24, 2.45) is 7.05 Å². The fraction of sp³-hybridized carbons (Fsp3) is 0.545. The number of carboxylic acid groups (broad SMARTS) is 1. The van der Waals surface area contributed by atoms with E-state index in [0.717, 1.165) is 7.11 Å². The zero-order valence-electron chi connectivity index (χ0n) is 12.1. The van der Waals surface area contributed by atoms with Gasteiger partial charge in [0.1, 0.15) is 10.9 Å². The van der Waals surface area contributed by atoms with Crippen molar-refractivity contribution in [3.05, 3.63) is 11.4 Å². The van der Waals surface area contributed by atoms with Crippen LogP contribution >= 0.6 is 0 Å². The Balaban J connectivity index is 3.12. The summed E-state index contributed by atoms with van der Waals surface area (Å²) in [5.41, 5.74) is 0.604. The predicted octanol–water partition coefficient (Wildman–Crippen LogP) is -0.668. The number of hydrogen-bond acceptors (Lipinski definition) is 6. The molecule has 0 radical (unpaired) electrons. The number of sulfonamides is 1. The first-order valence-electron chi connectivity index (χ1n) is 5.92. The summed E-state index contributed by atoms with van der Waals surface area (Å²) in [7, 11) is -1.46. The minimum Gasteiger partial charge on any atom is -0.480 e. The summed E-state index contributed by atoms with van der Waals surface area (Å²) in [6.45, 7) is 3.04. The second-order valence-electron chi connectivity index (χ2n) is 4.42. The normalized spacial score (nSPS) is 13.0. The molecule has 1 atom stereocenters. The van der Waals surface area contributed by atoms with Crippen LogP contribution in [0, 0.1) is 13.8 Å². The molecule has 0 aliphatic rings. The summed E-state index contributed by atoms with van der Waals surface area (Å²) in [4.78, 5) is 22.1. The highest BCUT2D eigenvalue weighted by molar-refractivity contribution is 7.89. The maximum Gasteiger partial charge on any atom is 0.322 e. The summed E-state index contributed by atoms with van der Waals surface area (Å²) < 4.78 is 32.3. The summed E-state index contributed by atoms with van der Waals surface area (Å²) in [6, 6.07) is -1.61. The molecule has 1 aromatic rings. The van der Waals surface area contributed by atoms with E-state index in [9.17, 15) is 18.0 Å². The third kappa shape index (κ3) is 3.79. The number of ether oxygens (including phenoxy) is 1. The Hall–Kier alpha value is -1.94. The van der Waals surface area contributed by atoms with Crippen LogP contribution in [0.15, 0.2) is 4.90 Å². The molecule has 0 amide bonds. The minimum absolute atomic E-state index is 0.0962. The molecule has 2 N–H and O–H groups in total. The van der Waals surface area contributed by atoms with Crippen LogP contribution in [0.4, 0.5) is 0 Å². The Labute approximate surface area is 121 Å². The number of carbonyl (C=O) groups excluding carboxylic acids is 1. The van der Waals surface area contributed by atoms with Gasteiger partial charge in [0.05, 0.1) is 24.9 Å². The van der Waals surface area contributed by atoms with Gasteiger partial charge in [0, 0.05) is 7.05 Å². The Bertz CT molecular complexity index is 664. The van der Waals surface area contributed by atoms with E-state index in [1.54, 1.807) is 14.0 Å². The zero-order valence-corrected chi connectivity index (χ0v) is 12.9. The molecule has 10 heteroatoms. The van der Waals surface area contributed by atoms with Crippen LogP contribution in [-0.2, 0) is 31.4 Å². The molecule has 0 spiro atoms. The second-order valence-corrected chi connectivity index (χ2v) is 6.07. The van der Waals surface area contributed by atoms with Crippen molar-refractivity contribution in [1.29, 1.82) is 0 Å². The average molecular weight is 319 g/mol. The first-order chi connectivity index (χ1) is 9.60. The number of aromatic nitrogens is 2. The highest BCUT2D eigenvalue weighted by atomic mass is 32.2. The molecule has 21 heavy (non-hydrogen) atoms. The predicted molar refractivity (Wildman–Crippen MR) is 71.1 cm³/mol. The van der Waals surface area contributed by atoms with Gasteiger partial charge < -0.3 is 9.84 Å². The van der Waals surface area contributed by atoms with Gasteiger partial charge in [0.15, 0.2) is 0 Å². The van der Waals surface area contributed by atoms with Crippen LogP contribution in [0.1, 0.15) is 17.8 Å². The fourth-order valence-electron chi connectivity index (χ4n) is 1.82. The molecule has 0 aliphatic carbocycles. The number of hydrogen-bond donors (Lipinski definition) is 2. The van der Waals surface area contributed by atoms with Crippen molar-refractivity contribution in [2.45, 2.75) is 31.2 Å². The summed E-state index contributed by atoms with van der Waals surface area (Å²) in [5.74, 6) is -2.30. The van der Waals surface area contributed by atoms with Crippen molar-refractivity contribution in [3.8, 4) is 0 Å². The topological polar surface area (TPSA) is 128 Å². The van der Waals surface area contributed by atoms with E-state index >= 15 is 0 Å². The van der Waals surface area contributed by atoms with E-state index in [1.165, 1.54) is 11.6 Å². The van der Waals surface area contributed by atoms with Gasteiger partial charge in [0.2, 0.25) is 10.0 Å². The number of carbonyl (C=O) groups is 2. The van der Waals surface area contributed by atoms with Crippen molar-refractivity contribution in [3.63, 3.8) is 0 Å². The molecular weight excluding hydrogens is 302 g/mol. The largest absolute Gasteiger partial charge is 0.480 e. The Morgan fingerprint density at radius 2 is 2.00 bits per heavy atom. The number of carboxylic acids is 1. The SMILES string of the molecule is COC(=O)C[C@H](NS(=O)(=O)c1c(C)nn(C)c1C)C(=O)O. The first-order valence-corrected chi connectivity index (χ1v) is 7.40. The number of esters is 1. The lowest BCUT2D eigenvalue weighted by Gasteiger charge is -2.14.